The Labute approximate surface area is 138 Å². The van der Waals surface area contributed by atoms with E-state index in [0.29, 0.717) is 19.0 Å². The molecule has 1 rings (SSSR count). The average Bonchev–Trinajstić information content (AvgIpc) is 2.52. The van der Waals surface area contributed by atoms with Gasteiger partial charge in [0, 0.05) is 13.7 Å². The van der Waals surface area contributed by atoms with Gasteiger partial charge in [0.25, 0.3) is 0 Å². The van der Waals surface area contributed by atoms with Crippen molar-refractivity contribution in [2.75, 3.05) is 26.7 Å². The number of guanidine groups is 1. The monoisotopic (exact) mass is 325 g/mol. The maximum Gasteiger partial charge on any atom is 0.191 e. The summed E-state index contributed by atoms with van der Waals surface area (Å²) in [7, 11) is 1.67. The van der Waals surface area contributed by atoms with Gasteiger partial charge in [-0.3, -0.25) is 4.99 Å². The van der Waals surface area contributed by atoms with E-state index in [2.05, 4.69) is 15.6 Å². The molecule has 0 aromatic heterocycles. The second-order valence-corrected chi connectivity index (χ2v) is 5.90. The Morgan fingerprint density at radius 1 is 1.30 bits per heavy atom. The molecule has 0 amide bonds. The van der Waals surface area contributed by atoms with Crippen molar-refractivity contribution in [3.63, 3.8) is 0 Å². The summed E-state index contributed by atoms with van der Waals surface area (Å²) in [5.74, 6) is 0.577. The second-order valence-electron chi connectivity index (χ2n) is 5.90. The molecular weight excluding hydrogens is 297 g/mol. The SMILES string of the molecule is CCNC(=NCC(C)(C)OC)NCC(C)Oc1ccccc1F. The Morgan fingerprint density at radius 2 is 2.00 bits per heavy atom. The Hall–Kier alpha value is -1.82. The third-order valence-electron chi connectivity index (χ3n) is 3.24. The fourth-order valence-electron chi connectivity index (χ4n) is 1.71. The van der Waals surface area contributed by atoms with Crippen molar-refractivity contribution in [3.8, 4) is 5.75 Å². The molecule has 1 aromatic carbocycles. The molecule has 130 valence electrons. The molecule has 2 N–H and O–H groups in total. The van der Waals surface area contributed by atoms with Crippen LogP contribution >= 0.6 is 0 Å². The summed E-state index contributed by atoms with van der Waals surface area (Å²) in [6.07, 6.45) is -0.203. The zero-order valence-corrected chi connectivity index (χ0v) is 14.6. The summed E-state index contributed by atoms with van der Waals surface area (Å²) in [5, 5.41) is 6.36. The van der Waals surface area contributed by atoms with Crippen molar-refractivity contribution in [1.82, 2.24) is 10.6 Å². The summed E-state index contributed by atoms with van der Waals surface area (Å²) in [6, 6.07) is 6.38. The highest BCUT2D eigenvalue weighted by Crippen LogP contribution is 2.16. The number of ether oxygens (including phenoxy) is 2. The minimum atomic E-state index is -0.359. The van der Waals surface area contributed by atoms with E-state index in [1.54, 1.807) is 25.3 Å². The lowest BCUT2D eigenvalue weighted by Gasteiger charge is -2.22. The number of aliphatic imine (C=N–C) groups is 1. The third kappa shape index (κ3) is 7.32. The molecule has 0 saturated carbocycles. The number of nitrogens with zero attached hydrogens (tertiary/aromatic N) is 1. The molecule has 0 radical (unpaired) electrons. The molecule has 23 heavy (non-hydrogen) atoms. The number of halogens is 1. The molecular formula is C17H28FN3O2. The van der Waals surface area contributed by atoms with Crippen molar-refractivity contribution in [2.24, 2.45) is 4.99 Å². The van der Waals surface area contributed by atoms with E-state index in [1.807, 2.05) is 27.7 Å². The number of methoxy groups -OCH3 is 1. The van der Waals surface area contributed by atoms with Crippen LogP contribution in [0.15, 0.2) is 29.3 Å². The van der Waals surface area contributed by atoms with Crippen LogP contribution in [-0.2, 0) is 4.74 Å². The third-order valence-corrected chi connectivity index (χ3v) is 3.24. The zero-order chi connectivity index (χ0) is 17.3. The summed E-state index contributed by atoms with van der Waals surface area (Å²) in [5.41, 5.74) is -0.322. The van der Waals surface area contributed by atoms with Gasteiger partial charge < -0.3 is 20.1 Å². The van der Waals surface area contributed by atoms with Gasteiger partial charge in [0.15, 0.2) is 17.5 Å². The van der Waals surface area contributed by atoms with E-state index >= 15 is 0 Å². The summed E-state index contributed by atoms with van der Waals surface area (Å²) < 4.78 is 24.5. The molecule has 6 heteroatoms. The van der Waals surface area contributed by atoms with Gasteiger partial charge in [-0.05, 0) is 39.8 Å². The molecule has 0 bridgehead atoms. The molecule has 1 aromatic rings. The number of benzene rings is 1. The molecule has 0 spiro atoms. The van der Waals surface area contributed by atoms with Crippen LogP contribution in [0.2, 0.25) is 0 Å². The van der Waals surface area contributed by atoms with E-state index in [0.717, 1.165) is 6.54 Å². The first-order valence-corrected chi connectivity index (χ1v) is 7.86. The van der Waals surface area contributed by atoms with Crippen molar-refractivity contribution in [3.05, 3.63) is 30.1 Å². The van der Waals surface area contributed by atoms with E-state index in [9.17, 15) is 4.39 Å². The van der Waals surface area contributed by atoms with Crippen molar-refractivity contribution in [2.45, 2.75) is 39.4 Å². The Kier molecular flexibility index (Phi) is 7.81. The van der Waals surface area contributed by atoms with E-state index in [1.165, 1.54) is 6.07 Å². The fraction of sp³-hybridized carbons (Fsp3) is 0.588. The Balaban J connectivity index is 2.54. The van der Waals surface area contributed by atoms with Crippen LogP contribution in [0.1, 0.15) is 27.7 Å². The minimum Gasteiger partial charge on any atom is -0.486 e. The first-order chi connectivity index (χ1) is 10.9. The summed E-state index contributed by atoms with van der Waals surface area (Å²) in [4.78, 5) is 4.49. The standard InChI is InChI=1S/C17H28FN3O2/c1-6-19-16(21-12-17(3,4)22-5)20-11-13(2)23-15-10-8-7-9-14(15)18/h7-10,13H,6,11-12H2,1-5H3,(H2,19,20,21). The fourth-order valence-corrected chi connectivity index (χ4v) is 1.71. The van der Waals surface area contributed by atoms with Crippen molar-refractivity contribution >= 4 is 5.96 Å². The van der Waals surface area contributed by atoms with Gasteiger partial charge in [-0.25, -0.2) is 4.39 Å². The number of rotatable bonds is 8. The van der Waals surface area contributed by atoms with Gasteiger partial charge in [-0.2, -0.15) is 0 Å². The maximum absolute atomic E-state index is 13.6. The van der Waals surface area contributed by atoms with Gasteiger partial charge >= 0.3 is 0 Å². The molecule has 0 aliphatic carbocycles. The predicted molar refractivity (Wildman–Crippen MR) is 91.6 cm³/mol. The quantitative estimate of drug-likeness (QED) is 0.570. The van der Waals surface area contributed by atoms with E-state index in [4.69, 9.17) is 9.47 Å². The molecule has 0 aliphatic rings. The summed E-state index contributed by atoms with van der Waals surface area (Å²) >= 11 is 0. The molecule has 0 aliphatic heterocycles. The zero-order valence-electron chi connectivity index (χ0n) is 14.6. The van der Waals surface area contributed by atoms with Gasteiger partial charge in [0.05, 0.1) is 18.7 Å². The predicted octanol–water partition coefficient (Wildman–Crippen LogP) is 2.57. The first kappa shape index (κ1) is 19.2. The van der Waals surface area contributed by atoms with Crippen LogP contribution in [0.25, 0.3) is 0 Å². The smallest absolute Gasteiger partial charge is 0.191 e. The first-order valence-electron chi connectivity index (χ1n) is 7.86. The highest BCUT2D eigenvalue weighted by molar-refractivity contribution is 5.79. The topological polar surface area (TPSA) is 54.9 Å². The lowest BCUT2D eigenvalue weighted by atomic mass is 10.1. The van der Waals surface area contributed by atoms with Crippen molar-refractivity contribution in [1.29, 1.82) is 0 Å². The van der Waals surface area contributed by atoms with Gasteiger partial charge in [-0.15, -0.1) is 0 Å². The van der Waals surface area contributed by atoms with Gasteiger partial charge in [-0.1, -0.05) is 12.1 Å². The normalized spacial score (nSPS) is 13.6. The molecule has 1 unspecified atom stereocenters. The molecule has 0 saturated heterocycles. The summed E-state index contributed by atoms with van der Waals surface area (Å²) in [6.45, 7) is 9.62. The van der Waals surface area contributed by atoms with Crippen LogP contribution in [0.4, 0.5) is 4.39 Å². The van der Waals surface area contributed by atoms with Crippen molar-refractivity contribution < 1.29 is 13.9 Å². The highest BCUT2D eigenvalue weighted by Gasteiger charge is 2.16. The molecule has 5 nitrogen and oxygen atoms in total. The maximum atomic E-state index is 13.6. The number of hydrogen-bond acceptors (Lipinski definition) is 3. The Morgan fingerprint density at radius 3 is 2.61 bits per heavy atom. The Bertz CT molecular complexity index is 506. The largest absolute Gasteiger partial charge is 0.486 e. The van der Waals surface area contributed by atoms with E-state index < -0.39 is 0 Å². The lowest BCUT2D eigenvalue weighted by Crippen LogP contribution is -2.43. The lowest BCUT2D eigenvalue weighted by molar-refractivity contribution is 0.0310. The van der Waals surface area contributed by atoms with Crippen LogP contribution in [0.3, 0.4) is 0 Å². The van der Waals surface area contributed by atoms with Gasteiger partial charge in [0.1, 0.15) is 6.10 Å². The molecule has 1 atom stereocenters. The molecule has 0 heterocycles. The van der Waals surface area contributed by atoms with Crippen LogP contribution < -0.4 is 15.4 Å². The highest BCUT2D eigenvalue weighted by atomic mass is 19.1. The van der Waals surface area contributed by atoms with Crippen LogP contribution in [0, 0.1) is 5.82 Å². The van der Waals surface area contributed by atoms with Gasteiger partial charge in [0.2, 0.25) is 0 Å². The van der Waals surface area contributed by atoms with E-state index in [-0.39, 0.29) is 23.3 Å². The second kappa shape index (κ2) is 9.35. The van der Waals surface area contributed by atoms with Crippen LogP contribution in [-0.4, -0.2) is 44.4 Å². The number of hydrogen-bond donors (Lipinski definition) is 2. The average molecular weight is 325 g/mol. The van der Waals surface area contributed by atoms with Crippen LogP contribution in [0.5, 0.6) is 5.75 Å². The number of nitrogens with one attached hydrogen (secondary N) is 2. The molecule has 0 fully saturated rings. The number of para-hydroxylation sites is 1. The minimum absolute atomic E-state index is 0.203.